The SMILES string of the molecule is CC(=O)NC1(F)CC(F)=C(COC(=O)C2C(C=C(F)C(F)(F)F)C2(C)C)C(F)=C1F. The molecule has 1 saturated carbocycles. The lowest BCUT2D eigenvalue weighted by Crippen LogP contribution is -2.46. The highest BCUT2D eigenvalue weighted by Crippen LogP contribution is 2.60. The van der Waals surface area contributed by atoms with Gasteiger partial charge in [-0.3, -0.25) is 9.59 Å². The van der Waals surface area contributed by atoms with Crippen molar-refractivity contribution in [3.63, 3.8) is 0 Å². The zero-order valence-electron chi connectivity index (χ0n) is 15.9. The van der Waals surface area contributed by atoms with E-state index in [1.165, 1.54) is 19.2 Å². The van der Waals surface area contributed by atoms with E-state index in [0.29, 0.717) is 0 Å². The van der Waals surface area contributed by atoms with E-state index in [4.69, 9.17) is 0 Å². The van der Waals surface area contributed by atoms with Gasteiger partial charge in [-0.05, 0) is 17.4 Å². The van der Waals surface area contributed by atoms with Crippen molar-refractivity contribution in [3.8, 4) is 0 Å². The van der Waals surface area contributed by atoms with Crippen molar-refractivity contribution in [3.05, 3.63) is 35.0 Å². The third-order valence-corrected chi connectivity index (χ3v) is 5.03. The van der Waals surface area contributed by atoms with Crippen LogP contribution in [0.1, 0.15) is 27.2 Å². The molecule has 0 aliphatic heterocycles. The molecule has 4 nitrogen and oxygen atoms in total. The number of alkyl halides is 4. The van der Waals surface area contributed by atoms with Crippen molar-refractivity contribution in [2.75, 3.05) is 6.61 Å². The Morgan fingerprint density at radius 2 is 1.80 bits per heavy atom. The molecular weight excluding hydrogens is 430 g/mol. The van der Waals surface area contributed by atoms with Gasteiger partial charge in [0.25, 0.3) is 0 Å². The van der Waals surface area contributed by atoms with Crippen LogP contribution in [0.3, 0.4) is 0 Å². The Morgan fingerprint density at radius 3 is 2.30 bits per heavy atom. The van der Waals surface area contributed by atoms with Gasteiger partial charge in [0.1, 0.15) is 12.4 Å². The first kappa shape index (κ1) is 23.9. The van der Waals surface area contributed by atoms with Gasteiger partial charge in [0.15, 0.2) is 17.5 Å². The van der Waals surface area contributed by atoms with Crippen molar-refractivity contribution in [2.24, 2.45) is 17.3 Å². The van der Waals surface area contributed by atoms with E-state index in [9.17, 15) is 44.7 Å². The number of nitrogens with one attached hydrogen (secondary N) is 1. The summed E-state index contributed by atoms with van der Waals surface area (Å²) in [6.07, 6.45) is -6.41. The Hall–Kier alpha value is -2.40. The Balaban J connectivity index is 2.12. The third kappa shape index (κ3) is 4.51. The molecule has 1 fully saturated rings. The molecule has 12 heteroatoms. The van der Waals surface area contributed by atoms with Crippen LogP contribution in [0.4, 0.5) is 35.1 Å². The summed E-state index contributed by atoms with van der Waals surface area (Å²) in [5, 5.41) is 1.43. The number of esters is 1. The number of carbonyl (C=O) groups excluding carboxylic acids is 2. The second-order valence-electron chi connectivity index (χ2n) is 7.62. The van der Waals surface area contributed by atoms with Crippen LogP contribution >= 0.6 is 0 Å². The second kappa shape index (κ2) is 7.69. The van der Waals surface area contributed by atoms with Gasteiger partial charge in [-0.1, -0.05) is 13.8 Å². The highest BCUT2D eigenvalue weighted by Gasteiger charge is 2.62. The first-order valence-electron chi connectivity index (χ1n) is 8.54. The minimum atomic E-state index is -5.23. The van der Waals surface area contributed by atoms with E-state index in [2.05, 4.69) is 4.74 Å². The molecule has 0 aromatic carbocycles. The molecule has 0 aromatic rings. The van der Waals surface area contributed by atoms with E-state index >= 15 is 0 Å². The average Bonchev–Trinajstić information content (AvgIpc) is 3.11. The first-order chi connectivity index (χ1) is 13.5. The monoisotopic (exact) mass is 447 g/mol. The maximum atomic E-state index is 14.3. The van der Waals surface area contributed by atoms with Crippen LogP contribution in [0.25, 0.3) is 0 Å². The Morgan fingerprint density at radius 1 is 1.23 bits per heavy atom. The Labute approximate surface area is 165 Å². The summed E-state index contributed by atoms with van der Waals surface area (Å²) >= 11 is 0. The highest BCUT2D eigenvalue weighted by molar-refractivity contribution is 5.78. The van der Waals surface area contributed by atoms with Gasteiger partial charge in [-0.25, -0.2) is 22.0 Å². The van der Waals surface area contributed by atoms with E-state index in [1.54, 1.807) is 0 Å². The minimum absolute atomic E-state index is 0.220. The fourth-order valence-corrected chi connectivity index (χ4v) is 3.27. The van der Waals surface area contributed by atoms with Crippen molar-refractivity contribution in [1.29, 1.82) is 0 Å². The normalized spacial score (nSPS) is 29.1. The smallest absolute Gasteiger partial charge is 0.442 e. The lowest BCUT2D eigenvalue weighted by Gasteiger charge is -2.28. The number of carbonyl (C=O) groups is 2. The molecule has 0 saturated heterocycles. The molecule has 2 aliphatic carbocycles. The summed E-state index contributed by atoms with van der Waals surface area (Å²) in [6.45, 7) is 2.34. The molecule has 2 rings (SSSR count). The highest BCUT2D eigenvalue weighted by atomic mass is 19.4. The third-order valence-electron chi connectivity index (χ3n) is 5.03. The zero-order valence-corrected chi connectivity index (χ0v) is 15.9. The average molecular weight is 447 g/mol. The predicted molar refractivity (Wildman–Crippen MR) is 86.6 cm³/mol. The van der Waals surface area contributed by atoms with Crippen molar-refractivity contribution < 1.29 is 49.4 Å². The quantitative estimate of drug-likeness (QED) is 0.374. The molecule has 1 N–H and O–H groups in total. The number of hydrogen-bond acceptors (Lipinski definition) is 3. The fourth-order valence-electron chi connectivity index (χ4n) is 3.27. The summed E-state index contributed by atoms with van der Waals surface area (Å²) in [6, 6.07) is 0. The summed E-state index contributed by atoms with van der Waals surface area (Å²) in [5.41, 5.74) is -2.25. The van der Waals surface area contributed by atoms with Gasteiger partial charge in [0.05, 0.1) is 17.9 Å². The van der Waals surface area contributed by atoms with E-state index in [-0.39, 0.29) is 6.08 Å². The van der Waals surface area contributed by atoms with Gasteiger partial charge in [-0.2, -0.15) is 13.2 Å². The van der Waals surface area contributed by atoms with Gasteiger partial charge >= 0.3 is 12.1 Å². The van der Waals surface area contributed by atoms with Crippen LogP contribution in [-0.2, 0) is 14.3 Å². The summed E-state index contributed by atoms with van der Waals surface area (Å²) < 4.78 is 111. The van der Waals surface area contributed by atoms with Crippen molar-refractivity contribution >= 4 is 11.9 Å². The minimum Gasteiger partial charge on any atom is -0.460 e. The lowest BCUT2D eigenvalue weighted by molar-refractivity contribution is -0.145. The molecular formula is C18H17F8NO3. The van der Waals surface area contributed by atoms with Gasteiger partial charge < -0.3 is 10.1 Å². The summed E-state index contributed by atoms with van der Waals surface area (Å²) in [4.78, 5) is 23.0. The fraction of sp³-hybridized carbons (Fsp3) is 0.556. The molecule has 0 radical (unpaired) electrons. The molecule has 168 valence electrons. The molecule has 0 spiro atoms. The van der Waals surface area contributed by atoms with Crippen molar-refractivity contribution in [2.45, 2.75) is 39.2 Å². The van der Waals surface area contributed by atoms with Crippen LogP contribution in [-0.4, -0.2) is 30.5 Å². The topological polar surface area (TPSA) is 55.4 Å². The molecule has 1 amide bonds. The maximum absolute atomic E-state index is 14.3. The number of halogens is 8. The predicted octanol–water partition coefficient (Wildman–Crippen LogP) is 4.80. The molecule has 30 heavy (non-hydrogen) atoms. The number of rotatable bonds is 5. The molecule has 2 aliphatic rings. The summed E-state index contributed by atoms with van der Waals surface area (Å²) in [7, 11) is 0. The Bertz CT molecular complexity index is 858. The van der Waals surface area contributed by atoms with Crippen LogP contribution in [0.2, 0.25) is 0 Å². The standard InChI is InChI=1S/C18H17F8NO3/c1-7(28)27-17(23)5-10(19)8(13(21)14(17)22)6-30-15(29)12-9(16(12,2)3)4-11(20)18(24,25)26/h4,9,12H,5-6H2,1-3H3,(H,27,28). The number of amides is 1. The largest absolute Gasteiger partial charge is 0.460 e. The first-order valence-corrected chi connectivity index (χ1v) is 8.54. The second-order valence-corrected chi connectivity index (χ2v) is 7.62. The number of hydrogen-bond donors (Lipinski definition) is 1. The number of ether oxygens (including phenoxy) is 1. The molecule has 0 bridgehead atoms. The van der Waals surface area contributed by atoms with Crippen LogP contribution in [0, 0.1) is 17.3 Å². The zero-order chi connectivity index (χ0) is 23.2. The van der Waals surface area contributed by atoms with Crippen LogP contribution < -0.4 is 5.32 Å². The Kier molecular flexibility index (Phi) is 6.12. The van der Waals surface area contributed by atoms with Crippen LogP contribution in [0.5, 0.6) is 0 Å². The van der Waals surface area contributed by atoms with E-state index in [0.717, 1.165) is 6.92 Å². The van der Waals surface area contributed by atoms with Gasteiger partial charge in [0, 0.05) is 6.92 Å². The van der Waals surface area contributed by atoms with Gasteiger partial charge in [-0.15, -0.1) is 0 Å². The lowest BCUT2D eigenvalue weighted by atomic mass is 9.97. The number of allylic oxidation sites excluding steroid dienone is 2. The van der Waals surface area contributed by atoms with Crippen molar-refractivity contribution in [1.82, 2.24) is 5.32 Å². The van der Waals surface area contributed by atoms with E-state index in [1.807, 2.05) is 0 Å². The molecule has 3 unspecified atom stereocenters. The molecule has 0 aromatic heterocycles. The maximum Gasteiger partial charge on any atom is 0.442 e. The van der Waals surface area contributed by atoms with Gasteiger partial charge in [0.2, 0.25) is 11.7 Å². The molecule has 3 atom stereocenters. The summed E-state index contributed by atoms with van der Waals surface area (Å²) in [5.74, 6) is -16.2. The van der Waals surface area contributed by atoms with Crippen LogP contribution in [0.15, 0.2) is 35.0 Å². The molecule has 0 heterocycles. The van der Waals surface area contributed by atoms with E-state index < -0.39 is 83.0 Å².